The Morgan fingerprint density at radius 1 is 0.900 bits per heavy atom. The van der Waals surface area contributed by atoms with Crippen molar-refractivity contribution in [2.24, 2.45) is 0 Å². The Kier molecular flexibility index (Phi) is 6.35. The fraction of sp³-hybridized carbons (Fsp3) is 0.292. The van der Waals surface area contributed by atoms with E-state index in [0.717, 1.165) is 44.0 Å². The van der Waals surface area contributed by atoms with E-state index in [1.165, 1.54) is 17.4 Å². The molecule has 1 aromatic heterocycles. The molecule has 3 aromatic rings. The van der Waals surface area contributed by atoms with Gasteiger partial charge in [-0.25, -0.2) is 4.98 Å². The predicted molar refractivity (Wildman–Crippen MR) is 118 cm³/mol. The molecule has 2 heterocycles. The van der Waals surface area contributed by atoms with Gasteiger partial charge in [0.15, 0.2) is 0 Å². The summed E-state index contributed by atoms with van der Waals surface area (Å²) in [6.07, 6.45) is 3.13. The van der Waals surface area contributed by atoms with Crippen molar-refractivity contribution in [1.82, 2.24) is 20.2 Å². The monoisotopic (exact) mass is 401 g/mol. The molecule has 1 fully saturated rings. The van der Waals surface area contributed by atoms with E-state index in [1.54, 1.807) is 6.20 Å². The molecule has 0 aliphatic carbocycles. The van der Waals surface area contributed by atoms with Crippen LogP contribution < -0.4 is 10.2 Å². The van der Waals surface area contributed by atoms with Crippen LogP contribution in [0, 0.1) is 6.92 Å². The molecule has 0 atom stereocenters. The number of nitrogens with zero attached hydrogens (tertiary/aromatic N) is 4. The predicted octanol–water partition coefficient (Wildman–Crippen LogP) is 3.04. The van der Waals surface area contributed by atoms with Crippen LogP contribution in [0.1, 0.15) is 27.3 Å². The van der Waals surface area contributed by atoms with E-state index in [2.05, 4.69) is 73.6 Å². The first-order valence-electron chi connectivity index (χ1n) is 10.3. The van der Waals surface area contributed by atoms with Gasteiger partial charge >= 0.3 is 0 Å². The molecule has 6 nitrogen and oxygen atoms in total. The zero-order valence-electron chi connectivity index (χ0n) is 17.3. The number of carbonyl (C=O) groups is 1. The van der Waals surface area contributed by atoms with E-state index in [-0.39, 0.29) is 5.91 Å². The maximum Gasteiger partial charge on any atom is 0.271 e. The Balaban J connectivity index is 1.33. The van der Waals surface area contributed by atoms with Gasteiger partial charge in [-0.15, -0.1) is 0 Å². The Hall–Kier alpha value is -3.25. The normalized spacial score (nSPS) is 14.5. The molecule has 1 saturated heterocycles. The van der Waals surface area contributed by atoms with Crippen molar-refractivity contribution in [2.75, 3.05) is 31.1 Å². The van der Waals surface area contributed by atoms with E-state index in [1.807, 2.05) is 13.0 Å². The van der Waals surface area contributed by atoms with Crippen molar-refractivity contribution in [2.45, 2.75) is 20.0 Å². The lowest BCUT2D eigenvalue weighted by Gasteiger charge is -2.36. The topological polar surface area (TPSA) is 61.4 Å². The SMILES string of the molecule is Cc1cnc(C(=O)NCc2ccccc2CN2CCN(c3ccccc3)CC2)cn1. The minimum atomic E-state index is -0.200. The van der Waals surface area contributed by atoms with Gasteiger partial charge in [-0.3, -0.25) is 14.7 Å². The van der Waals surface area contributed by atoms with Gasteiger partial charge in [0.25, 0.3) is 5.91 Å². The van der Waals surface area contributed by atoms with Crippen molar-refractivity contribution in [3.05, 3.63) is 89.5 Å². The number of rotatable bonds is 6. The first-order chi connectivity index (χ1) is 14.7. The van der Waals surface area contributed by atoms with Crippen LogP contribution in [0.5, 0.6) is 0 Å². The highest BCUT2D eigenvalue weighted by Crippen LogP contribution is 2.18. The van der Waals surface area contributed by atoms with Crippen LogP contribution in [0.4, 0.5) is 5.69 Å². The zero-order valence-corrected chi connectivity index (χ0v) is 17.3. The number of hydrogen-bond acceptors (Lipinski definition) is 5. The quantitative estimate of drug-likeness (QED) is 0.688. The number of aryl methyl sites for hydroxylation is 1. The third-order valence-corrected chi connectivity index (χ3v) is 5.46. The molecule has 1 N–H and O–H groups in total. The molecule has 0 spiro atoms. The van der Waals surface area contributed by atoms with E-state index in [0.29, 0.717) is 12.2 Å². The van der Waals surface area contributed by atoms with Crippen molar-refractivity contribution in [3.8, 4) is 0 Å². The molecule has 0 saturated carbocycles. The number of nitrogens with one attached hydrogen (secondary N) is 1. The molecular weight excluding hydrogens is 374 g/mol. The molecule has 154 valence electrons. The number of carbonyl (C=O) groups excluding carboxylic acids is 1. The molecule has 0 unspecified atom stereocenters. The minimum absolute atomic E-state index is 0.200. The number of benzene rings is 2. The third kappa shape index (κ3) is 5.02. The number of hydrogen-bond donors (Lipinski definition) is 1. The summed E-state index contributed by atoms with van der Waals surface area (Å²) in [5.41, 5.74) is 4.82. The van der Waals surface area contributed by atoms with Gasteiger partial charge in [-0.05, 0) is 30.2 Å². The fourth-order valence-corrected chi connectivity index (χ4v) is 3.70. The first kappa shape index (κ1) is 20.0. The van der Waals surface area contributed by atoms with Crippen LogP contribution in [0.25, 0.3) is 0 Å². The highest BCUT2D eigenvalue weighted by molar-refractivity contribution is 5.91. The second kappa shape index (κ2) is 9.50. The van der Waals surface area contributed by atoms with Crippen molar-refractivity contribution in [1.29, 1.82) is 0 Å². The summed E-state index contributed by atoms with van der Waals surface area (Å²) in [4.78, 5) is 25.6. The fourth-order valence-electron chi connectivity index (χ4n) is 3.70. The summed E-state index contributed by atoms with van der Waals surface area (Å²) in [5.74, 6) is -0.200. The van der Waals surface area contributed by atoms with Crippen LogP contribution in [0.15, 0.2) is 67.0 Å². The molecule has 2 aromatic carbocycles. The number of aromatic nitrogens is 2. The highest BCUT2D eigenvalue weighted by Gasteiger charge is 2.18. The second-order valence-corrected chi connectivity index (χ2v) is 7.59. The molecule has 0 radical (unpaired) electrons. The number of piperazine rings is 1. The Bertz CT molecular complexity index is 966. The average Bonchev–Trinajstić information content (AvgIpc) is 2.80. The largest absolute Gasteiger partial charge is 0.369 e. The lowest BCUT2D eigenvalue weighted by Crippen LogP contribution is -2.46. The Morgan fingerprint density at radius 2 is 1.60 bits per heavy atom. The minimum Gasteiger partial charge on any atom is -0.369 e. The smallest absolute Gasteiger partial charge is 0.271 e. The van der Waals surface area contributed by atoms with Crippen LogP contribution in [-0.4, -0.2) is 47.0 Å². The third-order valence-electron chi connectivity index (χ3n) is 5.46. The van der Waals surface area contributed by atoms with Crippen LogP contribution in [0.2, 0.25) is 0 Å². The van der Waals surface area contributed by atoms with Gasteiger partial charge in [0, 0.05) is 51.2 Å². The lowest BCUT2D eigenvalue weighted by molar-refractivity contribution is 0.0945. The van der Waals surface area contributed by atoms with Gasteiger partial charge in [-0.1, -0.05) is 42.5 Å². The van der Waals surface area contributed by atoms with Crippen molar-refractivity contribution >= 4 is 11.6 Å². The number of amides is 1. The highest BCUT2D eigenvalue weighted by atomic mass is 16.1. The van der Waals surface area contributed by atoms with Gasteiger partial charge in [0.1, 0.15) is 5.69 Å². The summed E-state index contributed by atoms with van der Waals surface area (Å²) in [7, 11) is 0. The summed E-state index contributed by atoms with van der Waals surface area (Å²) in [6, 6.07) is 18.9. The zero-order chi connectivity index (χ0) is 20.8. The average molecular weight is 402 g/mol. The Labute approximate surface area is 177 Å². The number of para-hydroxylation sites is 1. The van der Waals surface area contributed by atoms with E-state index in [9.17, 15) is 4.79 Å². The summed E-state index contributed by atoms with van der Waals surface area (Å²) in [5, 5.41) is 2.97. The molecular formula is C24H27N5O. The second-order valence-electron chi connectivity index (χ2n) is 7.59. The first-order valence-corrected chi connectivity index (χ1v) is 10.3. The maximum absolute atomic E-state index is 12.4. The van der Waals surface area contributed by atoms with E-state index < -0.39 is 0 Å². The standard InChI is InChI=1S/C24H27N5O/c1-19-15-26-23(17-25-19)24(30)27-16-20-7-5-6-8-21(20)18-28-11-13-29(14-12-28)22-9-3-2-4-10-22/h2-10,15,17H,11-14,16,18H2,1H3,(H,27,30). The molecule has 6 heteroatoms. The summed E-state index contributed by atoms with van der Waals surface area (Å²) < 4.78 is 0. The molecule has 1 amide bonds. The van der Waals surface area contributed by atoms with Crippen LogP contribution >= 0.6 is 0 Å². The molecule has 30 heavy (non-hydrogen) atoms. The van der Waals surface area contributed by atoms with Crippen molar-refractivity contribution < 1.29 is 4.79 Å². The number of anilines is 1. The molecule has 0 bridgehead atoms. The van der Waals surface area contributed by atoms with Crippen molar-refractivity contribution in [3.63, 3.8) is 0 Å². The van der Waals surface area contributed by atoms with Gasteiger partial charge in [0.05, 0.1) is 11.9 Å². The Morgan fingerprint density at radius 3 is 2.30 bits per heavy atom. The van der Waals surface area contributed by atoms with E-state index in [4.69, 9.17) is 0 Å². The van der Waals surface area contributed by atoms with E-state index >= 15 is 0 Å². The lowest BCUT2D eigenvalue weighted by atomic mass is 10.1. The maximum atomic E-state index is 12.4. The van der Waals surface area contributed by atoms with Gasteiger partial charge < -0.3 is 10.2 Å². The summed E-state index contributed by atoms with van der Waals surface area (Å²) >= 11 is 0. The van der Waals surface area contributed by atoms with Crippen LogP contribution in [-0.2, 0) is 13.1 Å². The van der Waals surface area contributed by atoms with Crippen LogP contribution in [0.3, 0.4) is 0 Å². The van der Waals surface area contributed by atoms with Gasteiger partial charge in [-0.2, -0.15) is 0 Å². The molecule has 1 aliphatic rings. The molecule has 4 rings (SSSR count). The molecule has 1 aliphatic heterocycles. The van der Waals surface area contributed by atoms with Gasteiger partial charge in [0.2, 0.25) is 0 Å². The summed E-state index contributed by atoms with van der Waals surface area (Å²) in [6.45, 7) is 7.31.